The zero-order valence-electron chi connectivity index (χ0n) is 21.4. The minimum absolute atomic E-state index is 0.0635. The van der Waals surface area contributed by atoms with Crippen molar-refractivity contribution in [1.82, 2.24) is 14.7 Å². The largest absolute Gasteiger partial charge is 0.450 e. The van der Waals surface area contributed by atoms with Gasteiger partial charge in [0.1, 0.15) is 0 Å². The Balaban J connectivity index is 1.29. The predicted octanol–water partition coefficient (Wildman–Crippen LogP) is 3.65. The maximum absolute atomic E-state index is 13.5. The van der Waals surface area contributed by atoms with Crippen molar-refractivity contribution in [2.45, 2.75) is 26.3 Å². The van der Waals surface area contributed by atoms with Crippen LogP contribution in [-0.4, -0.2) is 84.4 Å². The summed E-state index contributed by atoms with van der Waals surface area (Å²) in [7, 11) is 0. The summed E-state index contributed by atoms with van der Waals surface area (Å²) >= 11 is 6.29. The third-order valence-electron chi connectivity index (χ3n) is 7.49. The second-order valence-corrected chi connectivity index (χ2v) is 10.2. The smallest absolute Gasteiger partial charge is 0.409 e. The van der Waals surface area contributed by atoms with Crippen LogP contribution in [0.15, 0.2) is 42.5 Å². The summed E-state index contributed by atoms with van der Waals surface area (Å²) in [5.74, 6) is -0.839. The number of ether oxygens (including phenoxy) is 1. The van der Waals surface area contributed by atoms with E-state index in [-0.39, 0.29) is 36.3 Å². The summed E-state index contributed by atoms with van der Waals surface area (Å²) in [5, 5.41) is 0.504. The Kier molecular flexibility index (Phi) is 7.56. The highest BCUT2D eigenvalue weighted by atomic mass is 35.5. The van der Waals surface area contributed by atoms with Crippen molar-refractivity contribution in [2.75, 3.05) is 50.8 Å². The normalized spacial score (nSPS) is 19.6. The van der Waals surface area contributed by atoms with Crippen molar-refractivity contribution in [3.8, 4) is 0 Å². The maximum Gasteiger partial charge on any atom is 0.409 e. The summed E-state index contributed by atoms with van der Waals surface area (Å²) in [4.78, 5) is 58.8. The molecule has 2 aromatic carbocycles. The van der Waals surface area contributed by atoms with E-state index in [0.717, 1.165) is 12.8 Å². The van der Waals surface area contributed by atoms with Crippen LogP contribution in [0.5, 0.6) is 0 Å². The number of nitrogens with zero attached hydrogens (tertiary/aromatic N) is 4. The molecule has 1 unspecified atom stereocenters. The van der Waals surface area contributed by atoms with Crippen molar-refractivity contribution in [1.29, 1.82) is 0 Å². The monoisotopic (exact) mass is 538 g/mol. The van der Waals surface area contributed by atoms with Gasteiger partial charge in [0, 0.05) is 44.3 Å². The van der Waals surface area contributed by atoms with Crippen LogP contribution in [0.4, 0.5) is 10.5 Å². The molecular formula is C28H31ClN4O5. The SMILES string of the molecule is CCOC(=O)N1CCN(C(=O)C2CCCN(c3cccc4c3C(=O)N(Cc3ccccc3Cl)C4=O)C2)CC1. The molecule has 4 amide bonds. The Morgan fingerprint density at radius 2 is 1.68 bits per heavy atom. The molecule has 9 nitrogen and oxygen atoms in total. The number of anilines is 1. The van der Waals surface area contributed by atoms with E-state index in [1.165, 1.54) is 4.90 Å². The first kappa shape index (κ1) is 26.0. The molecule has 0 aromatic heterocycles. The summed E-state index contributed by atoms with van der Waals surface area (Å²) in [6.45, 7) is 5.21. The molecule has 200 valence electrons. The van der Waals surface area contributed by atoms with Gasteiger partial charge in [-0.3, -0.25) is 19.3 Å². The molecule has 0 bridgehead atoms. The minimum atomic E-state index is -0.343. The Morgan fingerprint density at radius 1 is 0.947 bits per heavy atom. The van der Waals surface area contributed by atoms with Crippen LogP contribution in [-0.2, 0) is 16.1 Å². The Morgan fingerprint density at radius 3 is 2.42 bits per heavy atom. The van der Waals surface area contributed by atoms with Crippen LogP contribution in [0.2, 0.25) is 5.02 Å². The number of benzene rings is 2. The second kappa shape index (κ2) is 11.0. The van der Waals surface area contributed by atoms with E-state index in [4.69, 9.17) is 16.3 Å². The molecule has 2 saturated heterocycles. The fourth-order valence-corrected chi connectivity index (χ4v) is 5.70. The lowest BCUT2D eigenvalue weighted by molar-refractivity contribution is -0.137. The Labute approximate surface area is 226 Å². The molecule has 3 heterocycles. The molecule has 1 atom stereocenters. The number of hydrogen-bond donors (Lipinski definition) is 0. The number of fused-ring (bicyclic) bond motifs is 1. The molecule has 0 N–H and O–H groups in total. The molecule has 0 spiro atoms. The highest BCUT2D eigenvalue weighted by molar-refractivity contribution is 6.31. The average Bonchev–Trinajstić information content (AvgIpc) is 3.19. The molecule has 0 radical (unpaired) electrons. The van der Waals surface area contributed by atoms with Crippen molar-refractivity contribution < 1.29 is 23.9 Å². The van der Waals surface area contributed by atoms with Crippen LogP contribution >= 0.6 is 11.6 Å². The number of halogens is 1. The third-order valence-corrected chi connectivity index (χ3v) is 7.86. The van der Waals surface area contributed by atoms with E-state index >= 15 is 0 Å². The average molecular weight is 539 g/mol. The lowest BCUT2D eigenvalue weighted by Gasteiger charge is -2.39. The fourth-order valence-electron chi connectivity index (χ4n) is 5.50. The number of amides is 4. The van der Waals surface area contributed by atoms with Crippen molar-refractivity contribution in [3.63, 3.8) is 0 Å². The first-order valence-corrected chi connectivity index (χ1v) is 13.4. The number of carbonyl (C=O) groups is 4. The van der Waals surface area contributed by atoms with Crippen LogP contribution in [0, 0.1) is 5.92 Å². The molecule has 3 aliphatic rings. The van der Waals surface area contributed by atoms with Crippen LogP contribution < -0.4 is 4.90 Å². The van der Waals surface area contributed by atoms with Crippen molar-refractivity contribution in [3.05, 3.63) is 64.2 Å². The molecule has 10 heteroatoms. The van der Waals surface area contributed by atoms with Gasteiger partial charge in [-0.15, -0.1) is 0 Å². The molecule has 2 aromatic rings. The van der Waals surface area contributed by atoms with E-state index in [2.05, 4.69) is 4.90 Å². The topological polar surface area (TPSA) is 90.5 Å². The van der Waals surface area contributed by atoms with Gasteiger partial charge in [0.25, 0.3) is 11.8 Å². The zero-order chi connectivity index (χ0) is 26.8. The molecule has 38 heavy (non-hydrogen) atoms. The summed E-state index contributed by atoms with van der Waals surface area (Å²) in [6, 6.07) is 12.5. The maximum atomic E-state index is 13.5. The van der Waals surface area contributed by atoms with Gasteiger partial charge in [0.2, 0.25) is 5.91 Å². The molecule has 0 saturated carbocycles. The number of carbonyl (C=O) groups excluding carboxylic acids is 4. The van der Waals surface area contributed by atoms with E-state index < -0.39 is 0 Å². The third kappa shape index (κ3) is 4.95. The minimum Gasteiger partial charge on any atom is -0.450 e. The molecule has 3 aliphatic heterocycles. The Bertz CT molecular complexity index is 1260. The van der Waals surface area contributed by atoms with Gasteiger partial charge in [0.15, 0.2) is 0 Å². The summed E-state index contributed by atoms with van der Waals surface area (Å²) in [5.41, 5.74) is 2.16. The zero-order valence-corrected chi connectivity index (χ0v) is 22.2. The van der Waals surface area contributed by atoms with Gasteiger partial charge < -0.3 is 19.4 Å². The van der Waals surface area contributed by atoms with E-state index in [1.54, 1.807) is 42.2 Å². The lowest BCUT2D eigenvalue weighted by atomic mass is 9.94. The van der Waals surface area contributed by atoms with Gasteiger partial charge in [0.05, 0.1) is 35.9 Å². The highest BCUT2D eigenvalue weighted by Gasteiger charge is 2.40. The van der Waals surface area contributed by atoms with Crippen molar-refractivity contribution in [2.24, 2.45) is 5.92 Å². The van der Waals surface area contributed by atoms with Gasteiger partial charge in [-0.05, 0) is 43.5 Å². The Hall–Kier alpha value is -3.59. The number of rotatable bonds is 5. The number of hydrogen-bond acceptors (Lipinski definition) is 6. The molecule has 2 fully saturated rings. The van der Waals surface area contributed by atoms with Crippen LogP contribution in [0.25, 0.3) is 0 Å². The molecular weight excluding hydrogens is 508 g/mol. The van der Waals surface area contributed by atoms with Crippen LogP contribution in [0.1, 0.15) is 46.0 Å². The summed E-state index contributed by atoms with van der Waals surface area (Å²) in [6.07, 6.45) is 1.21. The second-order valence-electron chi connectivity index (χ2n) is 9.78. The molecule has 5 rings (SSSR count). The van der Waals surface area contributed by atoms with Crippen molar-refractivity contribution >= 4 is 41.1 Å². The van der Waals surface area contributed by atoms with Gasteiger partial charge >= 0.3 is 6.09 Å². The lowest BCUT2D eigenvalue weighted by Crippen LogP contribution is -2.53. The van der Waals surface area contributed by atoms with Gasteiger partial charge in [-0.25, -0.2) is 4.79 Å². The number of imide groups is 1. The predicted molar refractivity (Wildman–Crippen MR) is 142 cm³/mol. The van der Waals surface area contributed by atoms with Gasteiger partial charge in [-0.2, -0.15) is 0 Å². The number of piperidine rings is 1. The van der Waals surface area contributed by atoms with Crippen LogP contribution in [0.3, 0.4) is 0 Å². The van der Waals surface area contributed by atoms with E-state index in [0.29, 0.717) is 73.3 Å². The summed E-state index contributed by atoms with van der Waals surface area (Å²) < 4.78 is 5.07. The van der Waals surface area contributed by atoms with E-state index in [1.807, 2.05) is 17.0 Å². The fraction of sp³-hybridized carbons (Fsp3) is 0.429. The van der Waals surface area contributed by atoms with Gasteiger partial charge in [-0.1, -0.05) is 35.9 Å². The number of piperazine rings is 1. The first-order chi connectivity index (χ1) is 18.4. The standard InChI is InChI=1S/C28H31ClN4O5/c1-2-38-28(37)31-15-13-30(14-16-31)25(34)20-8-6-12-32(17-20)23-11-5-9-21-24(23)27(36)33(26(21)35)18-19-7-3-4-10-22(19)29/h3-5,7,9-11,20H,2,6,8,12-18H2,1H3. The highest BCUT2D eigenvalue weighted by Crippen LogP contribution is 2.35. The van der Waals surface area contributed by atoms with E-state index in [9.17, 15) is 19.2 Å². The quantitative estimate of drug-likeness (QED) is 0.540. The first-order valence-electron chi connectivity index (χ1n) is 13.1. The molecule has 0 aliphatic carbocycles.